The molecule has 1 aromatic rings. The number of rotatable bonds is 6. The van der Waals surface area contributed by atoms with Crippen LogP contribution in [0.3, 0.4) is 0 Å². The van der Waals surface area contributed by atoms with Gasteiger partial charge in [-0.25, -0.2) is 4.79 Å². The molecule has 1 aromatic carbocycles. The Morgan fingerprint density at radius 1 is 1.12 bits per heavy atom. The lowest BCUT2D eigenvalue weighted by molar-refractivity contribution is -0.123. The first-order valence-corrected chi connectivity index (χ1v) is 8.04. The van der Waals surface area contributed by atoms with Gasteiger partial charge in [-0.15, -0.1) is 0 Å². The predicted octanol–water partition coefficient (Wildman–Crippen LogP) is 2.66. The number of ether oxygens (including phenoxy) is 2. The van der Waals surface area contributed by atoms with Gasteiger partial charge >= 0.3 is 6.09 Å². The largest absolute Gasteiger partial charge is 0.496 e. The van der Waals surface area contributed by atoms with Gasteiger partial charge in [0.1, 0.15) is 17.4 Å². The van der Waals surface area contributed by atoms with Crippen LogP contribution in [0.4, 0.5) is 4.79 Å². The molecule has 0 aliphatic carbocycles. The molecule has 0 saturated heterocycles. The highest BCUT2D eigenvalue weighted by molar-refractivity contribution is 5.85. The zero-order chi connectivity index (χ0) is 18.3. The lowest BCUT2D eigenvalue weighted by Crippen LogP contribution is -2.49. The highest BCUT2D eigenvalue weighted by Crippen LogP contribution is 2.18. The zero-order valence-electron chi connectivity index (χ0n) is 15.3. The summed E-state index contributed by atoms with van der Waals surface area (Å²) >= 11 is 0. The molecule has 0 aliphatic rings. The van der Waals surface area contributed by atoms with Crippen LogP contribution in [0.5, 0.6) is 5.75 Å². The van der Waals surface area contributed by atoms with Crippen LogP contribution < -0.4 is 15.4 Å². The van der Waals surface area contributed by atoms with Crippen molar-refractivity contribution < 1.29 is 19.1 Å². The first-order valence-electron chi connectivity index (χ1n) is 8.04. The first kappa shape index (κ1) is 19.8. The van der Waals surface area contributed by atoms with Crippen molar-refractivity contribution in [3.63, 3.8) is 0 Å². The van der Waals surface area contributed by atoms with Crippen LogP contribution in [0.25, 0.3) is 0 Å². The molecule has 0 aliphatic heterocycles. The van der Waals surface area contributed by atoms with E-state index in [0.29, 0.717) is 6.42 Å². The van der Waals surface area contributed by atoms with Gasteiger partial charge in [0.05, 0.1) is 7.11 Å². The third kappa shape index (κ3) is 6.89. The van der Waals surface area contributed by atoms with E-state index in [9.17, 15) is 9.59 Å². The van der Waals surface area contributed by atoms with Gasteiger partial charge in [-0.1, -0.05) is 18.2 Å². The van der Waals surface area contributed by atoms with E-state index in [2.05, 4.69) is 10.6 Å². The summed E-state index contributed by atoms with van der Waals surface area (Å²) in [4.78, 5) is 23.9. The Hall–Kier alpha value is -2.24. The van der Waals surface area contributed by atoms with Crippen molar-refractivity contribution in [2.45, 2.75) is 58.7 Å². The Labute approximate surface area is 143 Å². The number of carbonyl (C=O) groups excluding carboxylic acids is 2. The third-order valence-electron chi connectivity index (χ3n) is 3.23. The second-order valence-corrected chi connectivity index (χ2v) is 6.79. The smallest absolute Gasteiger partial charge is 0.408 e. The number of hydrogen-bond donors (Lipinski definition) is 2. The molecule has 0 unspecified atom stereocenters. The predicted molar refractivity (Wildman–Crippen MR) is 93.1 cm³/mol. The summed E-state index contributed by atoms with van der Waals surface area (Å²) < 4.78 is 10.5. The second kappa shape index (κ2) is 8.57. The van der Waals surface area contributed by atoms with Crippen molar-refractivity contribution in [2.24, 2.45) is 0 Å². The van der Waals surface area contributed by atoms with E-state index in [1.54, 1.807) is 34.8 Å². The van der Waals surface area contributed by atoms with E-state index in [1.807, 2.05) is 31.2 Å². The number of benzene rings is 1. The molecule has 6 nitrogen and oxygen atoms in total. The molecule has 134 valence electrons. The van der Waals surface area contributed by atoms with E-state index in [4.69, 9.17) is 9.47 Å². The van der Waals surface area contributed by atoms with Gasteiger partial charge < -0.3 is 20.1 Å². The minimum atomic E-state index is -0.681. The first-order chi connectivity index (χ1) is 11.1. The van der Waals surface area contributed by atoms with Gasteiger partial charge in [0.25, 0.3) is 0 Å². The number of hydrogen-bond acceptors (Lipinski definition) is 4. The van der Waals surface area contributed by atoms with Crippen molar-refractivity contribution in [1.82, 2.24) is 10.6 Å². The van der Waals surface area contributed by atoms with Gasteiger partial charge in [0.2, 0.25) is 5.91 Å². The van der Waals surface area contributed by atoms with Gasteiger partial charge in [-0.3, -0.25) is 4.79 Å². The maximum Gasteiger partial charge on any atom is 0.408 e. The minimum Gasteiger partial charge on any atom is -0.496 e. The van der Waals surface area contributed by atoms with E-state index >= 15 is 0 Å². The fraction of sp³-hybridized carbons (Fsp3) is 0.556. The molecule has 0 aromatic heterocycles. The maximum atomic E-state index is 12.2. The molecule has 0 radical (unpaired) electrons. The number of methoxy groups -OCH3 is 1. The Bertz CT molecular complexity index is 566. The summed E-state index contributed by atoms with van der Waals surface area (Å²) in [6, 6.07) is 6.90. The Balaban J connectivity index is 2.52. The second-order valence-electron chi connectivity index (χ2n) is 6.79. The lowest BCUT2D eigenvalue weighted by atomic mass is 10.1. The quantitative estimate of drug-likeness (QED) is 0.837. The summed E-state index contributed by atoms with van der Waals surface area (Å²) in [5.74, 6) is 0.529. The van der Waals surface area contributed by atoms with Crippen LogP contribution >= 0.6 is 0 Å². The van der Waals surface area contributed by atoms with Crippen molar-refractivity contribution in [3.8, 4) is 5.75 Å². The molecule has 24 heavy (non-hydrogen) atoms. The van der Waals surface area contributed by atoms with Crippen molar-refractivity contribution >= 4 is 12.0 Å². The van der Waals surface area contributed by atoms with Crippen molar-refractivity contribution in [2.75, 3.05) is 7.11 Å². The van der Waals surface area contributed by atoms with Crippen molar-refractivity contribution in [3.05, 3.63) is 29.8 Å². The van der Waals surface area contributed by atoms with E-state index in [1.165, 1.54) is 0 Å². The van der Waals surface area contributed by atoms with Gasteiger partial charge in [-0.2, -0.15) is 0 Å². The molecule has 0 saturated carbocycles. The normalized spacial score (nSPS) is 13.6. The molecular formula is C18H28N2O4. The summed E-state index contributed by atoms with van der Waals surface area (Å²) in [6.45, 7) is 8.84. The maximum absolute atomic E-state index is 12.2. The number of nitrogens with one attached hydrogen (secondary N) is 2. The average Bonchev–Trinajstić information content (AvgIpc) is 2.45. The van der Waals surface area contributed by atoms with Gasteiger partial charge in [-0.05, 0) is 52.7 Å². The SMILES string of the molecule is COc1ccccc1C[C@@H](C)NC(=O)[C@@H](C)NC(=O)OC(C)(C)C. The Kier molecular flexibility index (Phi) is 7.07. The molecule has 0 heterocycles. The molecule has 2 atom stereocenters. The van der Waals surface area contributed by atoms with Crippen molar-refractivity contribution in [1.29, 1.82) is 0 Å². The number of amides is 2. The van der Waals surface area contributed by atoms with Gasteiger partial charge in [0, 0.05) is 6.04 Å². The summed E-state index contributed by atoms with van der Waals surface area (Å²) in [5, 5.41) is 5.41. The van der Waals surface area contributed by atoms with E-state index in [0.717, 1.165) is 11.3 Å². The minimum absolute atomic E-state index is 0.100. The monoisotopic (exact) mass is 336 g/mol. The molecule has 6 heteroatoms. The molecule has 0 fully saturated rings. The van der Waals surface area contributed by atoms with Crippen LogP contribution in [0.2, 0.25) is 0 Å². The van der Waals surface area contributed by atoms with Crippen LogP contribution in [-0.4, -0.2) is 36.8 Å². The Morgan fingerprint density at radius 2 is 1.75 bits per heavy atom. The molecule has 0 bridgehead atoms. The molecule has 2 N–H and O–H groups in total. The number of alkyl carbamates (subject to hydrolysis) is 1. The summed E-state index contributed by atoms with van der Waals surface area (Å²) in [5.41, 5.74) is 0.415. The van der Waals surface area contributed by atoms with E-state index < -0.39 is 17.7 Å². The van der Waals surface area contributed by atoms with Crippen LogP contribution in [0.15, 0.2) is 24.3 Å². The standard InChI is InChI=1S/C18H28N2O4/c1-12(11-14-9-7-8-10-15(14)23-6)19-16(21)13(2)20-17(22)24-18(3,4)5/h7-10,12-13H,11H2,1-6H3,(H,19,21)(H,20,22)/t12-,13-/m1/s1. The molecular weight excluding hydrogens is 308 g/mol. The van der Waals surface area contributed by atoms with Crippen LogP contribution in [-0.2, 0) is 16.0 Å². The molecule has 1 rings (SSSR count). The average molecular weight is 336 g/mol. The highest BCUT2D eigenvalue weighted by atomic mass is 16.6. The highest BCUT2D eigenvalue weighted by Gasteiger charge is 2.22. The molecule has 2 amide bonds. The zero-order valence-corrected chi connectivity index (χ0v) is 15.3. The van der Waals surface area contributed by atoms with E-state index in [-0.39, 0.29) is 11.9 Å². The van der Waals surface area contributed by atoms with Crippen LogP contribution in [0, 0.1) is 0 Å². The summed E-state index contributed by atoms with van der Waals surface area (Å²) in [6.07, 6.45) is 0.0251. The Morgan fingerprint density at radius 3 is 2.33 bits per heavy atom. The third-order valence-corrected chi connectivity index (χ3v) is 3.23. The van der Waals surface area contributed by atoms with Gasteiger partial charge in [0.15, 0.2) is 0 Å². The fourth-order valence-electron chi connectivity index (χ4n) is 2.17. The summed E-state index contributed by atoms with van der Waals surface area (Å²) in [7, 11) is 1.62. The van der Waals surface area contributed by atoms with Crippen LogP contribution in [0.1, 0.15) is 40.2 Å². The number of para-hydroxylation sites is 1. The lowest BCUT2D eigenvalue weighted by Gasteiger charge is -2.23. The number of carbonyl (C=O) groups is 2. The topological polar surface area (TPSA) is 76.7 Å². The molecule has 0 spiro atoms. The fourth-order valence-corrected chi connectivity index (χ4v) is 2.17.